The SMILES string of the molecule is O=C([O-])[O-].[Ta+5]. The maximum Gasteiger partial charge on any atom is 5.00 e. The molecular formula is CO3Ta+3. The minimum Gasteiger partial charge on any atom is -0.652 e. The Bertz CT molecular complexity index is 29.9. The summed E-state index contributed by atoms with van der Waals surface area (Å²) >= 11 is 0. The first-order valence-electron chi connectivity index (χ1n) is 0.612. The molecule has 3 nitrogen and oxygen atoms in total. The van der Waals surface area contributed by atoms with Gasteiger partial charge in [-0.2, -0.15) is 0 Å². The fourth-order valence-corrected chi connectivity index (χ4v) is 0. The van der Waals surface area contributed by atoms with Gasteiger partial charge in [-0.15, -0.1) is 0 Å². The maximum absolute atomic E-state index is 8.33. The van der Waals surface area contributed by atoms with Crippen LogP contribution in [-0.4, -0.2) is 6.16 Å². The van der Waals surface area contributed by atoms with E-state index >= 15 is 0 Å². The average molecular weight is 241 g/mol. The third-order valence-corrected chi connectivity index (χ3v) is 0. The first-order chi connectivity index (χ1) is 1.73. The van der Waals surface area contributed by atoms with Gasteiger partial charge in [0, 0.05) is 0 Å². The normalized spacial score (nSPS) is 4.80. The molecule has 0 aliphatic rings. The van der Waals surface area contributed by atoms with E-state index in [4.69, 9.17) is 15.0 Å². The van der Waals surface area contributed by atoms with Gasteiger partial charge in [-0.05, 0) is 6.16 Å². The summed E-state index contributed by atoms with van der Waals surface area (Å²) in [6.07, 6.45) is -2.33. The van der Waals surface area contributed by atoms with Crippen LogP contribution in [-0.2, 0) is 22.4 Å². The van der Waals surface area contributed by atoms with Crippen molar-refractivity contribution in [3.05, 3.63) is 0 Å². The molecule has 0 N–H and O–H groups in total. The van der Waals surface area contributed by atoms with Crippen molar-refractivity contribution in [1.82, 2.24) is 0 Å². The zero-order valence-corrected chi connectivity index (χ0v) is 5.39. The molecule has 0 spiro atoms. The Morgan fingerprint density at radius 1 is 1.40 bits per heavy atom. The molecule has 0 rings (SSSR count). The number of hydrogen-bond acceptors (Lipinski definition) is 3. The Kier molecular flexibility index (Phi) is 7.13. The van der Waals surface area contributed by atoms with Crippen molar-refractivity contribution in [2.75, 3.05) is 0 Å². The molecule has 5 heavy (non-hydrogen) atoms. The first-order valence-corrected chi connectivity index (χ1v) is 0.612. The summed E-state index contributed by atoms with van der Waals surface area (Å²) in [6, 6.07) is 0. The van der Waals surface area contributed by atoms with Crippen molar-refractivity contribution in [2.24, 2.45) is 0 Å². The van der Waals surface area contributed by atoms with Gasteiger partial charge in [0.1, 0.15) is 0 Å². The van der Waals surface area contributed by atoms with E-state index in [-0.39, 0.29) is 22.4 Å². The van der Waals surface area contributed by atoms with Crippen molar-refractivity contribution in [1.29, 1.82) is 0 Å². The van der Waals surface area contributed by atoms with E-state index in [1.807, 2.05) is 0 Å². The number of hydrogen-bond donors (Lipinski definition) is 0. The van der Waals surface area contributed by atoms with Crippen LogP contribution in [0.3, 0.4) is 0 Å². The predicted molar refractivity (Wildman–Crippen MR) is 5.40 cm³/mol. The van der Waals surface area contributed by atoms with Crippen molar-refractivity contribution in [2.45, 2.75) is 0 Å². The zero-order chi connectivity index (χ0) is 3.58. The summed E-state index contributed by atoms with van der Waals surface area (Å²) in [5.74, 6) is 0. The van der Waals surface area contributed by atoms with Crippen LogP contribution in [0.1, 0.15) is 0 Å². The van der Waals surface area contributed by atoms with E-state index in [0.717, 1.165) is 0 Å². The molecule has 0 radical (unpaired) electrons. The molecule has 0 heterocycles. The largest absolute Gasteiger partial charge is 5.00 e. The third kappa shape index (κ3) is 154000. The Labute approximate surface area is 44.1 Å². The van der Waals surface area contributed by atoms with Gasteiger partial charge in [0.2, 0.25) is 0 Å². The Morgan fingerprint density at radius 3 is 1.40 bits per heavy atom. The Morgan fingerprint density at radius 2 is 1.40 bits per heavy atom. The molecule has 0 atom stereocenters. The Balaban J connectivity index is 0. The van der Waals surface area contributed by atoms with Crippen LogP contribution in [0.5, 0.6) is 0 Å². The number of rotatable bonds is 0. The molecule has 0 saturated heterocycles. The van der Waals surface area contributed by atoms with Crippen molar-refractivity contribution < 1.29 is 37.4 Å². The van der Waals surface area contributed by atoms with Gasteiger partial charge < -0.3 is 15.0 Å². The van der Waals surface area contributed by atoms with Gasteiger partial charge in [-0.3, -0.25) is 0 Å². The summed E-state index contributed by atoms with van der Waals surface area (Å²) in [4.78, 5) is 8.33. The molecule has 0 saturated carbocycles. The van der Waals surface area contributed by atoms with Gasteiger partial charge in [-0.25, -0.2) is 0 Å². The molecule has 0 aromatic carbocycles. The monoisotopic (exact) mass is 241 g/mol. The molecule has 24 valence electrons. The van der Waals surface area contributed by atoms with Gasteiger partial charge in [0.25, 0.3) is 0 Å². The molecule has 4 heteroatoms. The standard InChI is InChI=1S/CH2O3.Ta/c2-1(3)4;/h(H2,2,3,4);/q;+5/p-2. The second kappa shape index (κ2) is 4.01. The van der Waals surface area contributed by atoms with Gasteiger partial charge in [0.15, 0.2) is 0 Å². The average Bonchev–Trinajstić information content (AvgIpc) is 0.811. The van der Waals surface area contributed by atoms with E-state index in [1.54, 1.807) is 0 Å². The Hall–Kier alpha value is 0.0103. The smallest absolute Gasteiger partial charge is 0.652 e. The van der Waals surface area contributed by atoms with Crippen LogP contribution in [0.15, 0.2) is 0 Å². The minimum absolute atomic E-state index is 0. The summed E-state index contributed by atoms with van der Waals surface area (Å²) in [7, 11) is 0. The molecule has 0 unspecified atom stereocenters. The van der Waals surface area contributed by atoms with Gasteiger partial charge in [0.05, 0.1) is 0 Å². The third-order valence-electron chi connectivity index (χ3n) is 0. The van der Waals surface area contributed by atoms with Gasteiger partial charge >= 0.3 is 22.4 Å². The second-order valence-electron chi connectivity index (χ2n) is 0.250. The summed E-state index contributed by atoms with van der Waals surface area (Å²) in [5, 5.41) is 16.7. The van der Waals surface area contributed by atoms with E-state index in [0.29, 0.717) is 0 Å². The van der Waals surface area contributed by atoms with Crippen LogP contribution in [0.25, 0.3) is 0 Å². The quantitative estimate of drug-likeness (QED) is 0.473. The number of carbonyl (C=O) groups excluding carboxylic acids is 1. The molecule has 0 aromatic rings. The van der Waals surface area contributed by atoms with E-state index in [2.05, 4.69) is 0 Å². The van der Waals surface area contributed by atoms with Crippen molar-refractivity contribution in [3.8, 4) is 0 Å². The van der Waals surface area contributed by atoms with Crippen molar-refractivity contribution in [3.63, 3.8) is 0 Å². The fraction of sp³-hybridized carbons (Fsp3) is 0. The molecule has 0 fully saturated rings. The minimum atomic E-state index is -2.33. The molecule has 0 bridgehead atoms. The van der Waals surface area contributed by atoms with Crippen LogP contribution < -0.4 is 10.2 Å². The fourth-order valence-electron chi connectivity index (χ4n) is 0. The zero-order valence-electron chi connectivity index (χ0n) is 2.17. The first kappa shape index (κ1) is 8.89. The molecule has 0 aromatic heterocycles. The maximum atomic E-state index is 8.33. The van der Waals surface area contributed by atoms with Crippen LogP contribution >= 0.6 is 0 Å². The summed E-state index contributed by atoms with van der Waals surface area (Å²) in [6.45, 7) is 0. The number of carboxylic acid groups (broad SMARTS) is 2. The molecule has 0 aliphatic heterocycles. The van der Waals surface area contributed by atoms with Gasteiger partial charge in [-0.1, -0.05) is 0 Å². The van der Waals surface area contributed by atoms with Crippen LogP contribution in [0, 0.1) is 0 Å². The summed E-state index contributed by atoms with van der Waals surface area (Å²) in [5.41, 5.74) is 0. The molecule has 0 amide bonds. The van der Waals surface area contributed by atoms with E-state index in [1.165, 1.54) is 0 Å². The van der Waals surface area contributed by atoms with Crippen molar-refractivity contribution >= 4 is 6.16 Å². The molecular weight excluding hydrogens is 241 g/mol. The van der Waals surface area contributed by atoms with Crippen LogP contribution in [0.2, 0.25) is 0 Å². The van der Waals surface area contributed by atoms with Crippen LogP contribution in [0.4, 0.5) is 4.79 Å². The van der Waals surface area contributed by atoms with E-state index in [9.17, 15) is 0 Å². The topological polar surface area (TPSA) is 63.2 Å². The second-order valence-corrected chi connectivity index (χ2v) is 0.250. The molecule has 0 aliphatic carbocycles. The number of carbonyl (C=O) groups is 1. The van der Waals surface area contributed by atoms with E-state index < -0.39 is 6.16 Å². The summed E-state index contributed by atoms with van der Waals surface area (Å²) < 4.78 is 0. The predicted octanol–water partition coefficient (Wildman–Crippen LogP) is -2.45.